The summed E-state index contributed by atoms with van der Waals surface area (Å²) in [5.41, 5.74) is 8.97. The number of rotatable bonds is 7. The van der Waals surface area contributed by atoms with E-state index in [4.69, 9.17) is 10.5 Å². The molecule has 25 heavy (non-hydrogen) atoms. The van der Waals surface area contributed by atoms with Crippen molar-refractivity contribution in [1.82, 2.24) is 0 Å². The number of ether oxygens (including phenoxy) is 1. The molecule has 0 aliphatic rings. The van der Waals surface area contributed by atoms with E-state index in [0.29, 0.717) is 6.61 Å². The summed E-state index contributed by atoms with van der Waals surface area (Å²) >= 11 is 0. The van der Waals surface area contributed by atoms with Crippen LogP contribution >= 0.6 is 12.4 Å². The summed E-state index contributed by atoms with van der Waals surface area (Å²) in [5, 5.41) is 2.95. The molecule has 4 nitrogen and oxygen atoms in total. The Morgan fingerprint density at radius 3 is 2.40 bits per heavy atom. The van der Waals surface area contributed by atoms with Gasteiger partial charge in [-0.3, -0.25) is 4.79 Å². The van der Waals surface area contributed by atoms with Gasteiger partial charge in [-0.1, -0.05) is 49.4 Å². The highest BCUT2D eigenvalue weighted by Crippen LogP contribution is 2.21. The number of nitrogens with one attached hydrogen (secondary N) is 1. The van der Waals surface area contributed by atoms with Gasteiger partial charge in [-0.2, -0.15) is 0 Å². The minimum atomic E-state index is -0.335. The average Bonchev–Trinajstić information content (AvgIpc) is 2.59. The van der Waals surface area contributed by atoms with Gasteiger partial charge in [0.1, 0.15) is 0 Å². The van der Waals surface area contributed by atoms with Gasteiger partial charge in [0.2, 0.25) is 5.91 Å². The van der Waals surface area contributed by atoms with Crippen LogP contribution in [0, 0.1) is 5.92 Å². The van der Waals surface area contributed by atoms with Gasteiger partial charge in [0, 0.05) is 11.7 Å². The molecule has 5 heteroatoms. The number of hydrogen-bond acceptors (Lipinski definition) is 3. The quantitative estimate of drug-likeness (QED) is 0.771. The van der Waals surface area contributed by atoms with E-state index in [1.807, 2.05) is 75.4 Å². The van der Waals surface area contributed by atoms with Gasteiger partial charge in [-0.05, 0) is 37.1 Å². The Bertz CT molecular complexity index is 662. The van der Waals surface area contributed by atoms with E-state index < -0.39 is 0 Å². The molecule has 3 N–H and O–H groups in total. The van der Waals surface area contributed by atoms with Crippen molar-refractivity contribution in [2.75, 3.05) is 5.32 Å². The van der Waals surface area contributed by atoms with Gasteiger partial charge < -0.3 is 15.8 Å². The molecule has 0 bridgehead atoms. The van der Waals surface area contributed by atoms with Crippen molar-refractivity contribution in [2.24, 2.45) is 11.7 Å². The highest BCUT2D eigenvalue weighted by molar-refractivity contribution is 5.92. The van der Waals surface area contributed by atoms with Crippen LogP contribution in [0.3, 0.4) is 0 Å². The Morgan fingerprint density at radius 2 is 1.76 bits per heavy atom. The summed E-state index contributed by atoms with van der Waals surface area (Å²) in [7, 11) is 0. The first kappa shape index (κ1) is 21.2. The summed E-state index contributed by atoms with van der Waals surface area (Å²) in [5.74, 6) is -0.420. The normalized spacial score (nSPS) is 13.0. The van der Waals surface area contributed by atoms with Crippen LogP contribution < -0.4 is 11.1 Å². The maximum atomic E-state index is 12.5. The van der Waals surface area contributed by atoms with Crippen molar-refractivity contribution in [3.8, 4) is 0 Å². The van der Waals surface area contributed by atoms with Crippen molar-refractivity contribution in [2.45, 2.75) is 39.5 Å². The molecule has 0 spiro atoms. The second-order valence-electron chi connectivity index (χ2n) is 6.27. The van der Waals surface area contributed by atoms with Crippen LogP contribution in [-0.4, -0.2) is 12.0 Å². The Balaban J connectivity index is 0.00000312. The number of amides is 1. The Kier molecular flexibility index (Phi) is 8.62. The van der Waals surface area contributed by atoms with E-state index in [0.717, 1.165) is 16.8 Å². The Hall–Kier alpha value is -1.88. The van der Waals surface area contributed by atoms with E-state index in [-0.39, 0.29) is 36.4 Å². The first-order valence-corrected chi connectivity index (χ1v) is 8.29. The van der Waals surface area contributed by atoms with Crippen LogP contribution in [0.1, 0.15) is 37.9 Å². The van der Waals surface area contributed by atoms with Crippen LogP contribution in [0.25, 0.3) is 0 Å². The molecule has 2 atom stereocenters. The minimum absolute atomic E-state index is 0. The number of nitrogens with two attached hydrogens (primary N) is 1. The monoisotopic (exact) mass is 362 g/mol. The molecular formula is C20H27ClN2O2. The third-order valence-electron chi connectivity index (χ3n) is 3.91. The lowest BCUT2D eigenvalue weighted by molar-refractivity contribution is -0.120. The second kappa shape index (κ2) is 10.2. The fourth-order valence-electron chi connectivity index (χ4n) is 2.38. The second-order valence-corrected chi connectivity index (χ2v) is 6.27. The highest BCUT2D eigenvalue weighted by Gasteiger charge is 2.22. The van der Waals surface area contributed by atoms with Gasteiger partial charge in [0.05, 0.1) is 18.6 Å². The molecule has 0 heterocycles. The lowest BCUT2D eigenvalue weighted by Crippen LogP contribution is -2.30. The van der Waals surface area contributed by atoms with E-state index in [1.165, 1.54) is 0 Å². The van der Waals surface area contributed by atoms with Crippen LogP contribution in [0.5, 0.6) is 0 Å². The Morgan fingerprint density at radius 1 is 1.08 bits per heavy atom. The molecule has 2 aromatic carbocycles. The van der Waals surface area contributed by atoms with Crippen LogP contribution in [0.2, 0.25) is 0 Å². The summed E-state index contributed by atoms with van der Waals surface area (Å²) in [6.07, 6.45) is 0.173. The summed E-state index contributed by atoms with van der Waals surface area (Å²) in [4.78, 5) is 12.5. The molecule has 1 amide bonds. The van der Waals surface area contributed by atoms with Gasteiger partial charge in [-0.25, -0.2) is 0 Å². The van der Waals surface area contributed by atoms with Crippen LogP contribution in [0.4, 0.5) is 5.69 Å². The zero-order chi connectivity index (χ0) is 17.5. The third kappa shape index (κ3) is 6.50. The van der Waals surface area contributed by atoms with E-state index >= 15 is 0 Å². The standard InChI is InChI=1S/C20H26N2O2.ClH/c1-14(2)24-13-16-8-7-11-18(12-16)22-20(23)15(3)19(21)17-9-5-4-6-10-17;/h4-12,14-15,19H,13,21H2,1-3H3,(H,22,23);1H. The fourth-order valence-corrected chi connectivity index (χ4v) is 2.38. The molecule has 0 aromatic heterocycles. The number of halogens is 1. The highest BCUT2D eigenvalue weighted by atomic mass is 35.5. The van der Waals surface area contributed by atoms with Gasteiger partial charge in [0.15, 0.2) is 0 Å². The molecule has 0 radical (unpaired) electrons. The summed E-state index contributed by atoms with van der Waals surface area (Å²) in [6.45, 7) is 6.37. The largest absolute Gasteiger partial charge is 0.374 e. The fraction of sp³-hybridized carbons (Fsp3) is 0.350. The van der Waals surface area contributed by atoms with E-state index in [2.05, 4.69) is 5.32 Å². The maximum absolute atomic E-state index is 12.5. The van der Waals surface area contributed by atoms with Crippen LogP contribution in [-0.2, 0) is 16.1 Å². The zero-order valence-corrected chi connectivity index (χ0v) is 15.8. The van der Waals surface area contributed by atoms with Crippen molar-refractivity contribution >= 4 is 24.0 Å². The molecule has 0 aliphatic heterocycles. The first-order valence-electron chi connectivity index (χ1n) is 8.29. The molecule has 0 fully saturated rings. The number of carbonyl (C=O) groups is 1. The predicted octanol–water partition coefficient (Wildman–Crippen LogP) is 4.31. The topological polar surface area (TPSA) is 64.3 Å². The molecular weight excluding hydrogens is 336 g/mol. The van der Waals surface area contributed by atoms with Crippen LogP contribution in [0.15, 0.2) is 54.6 Å². The molecule has 2 unspecified atom stereocenters. The number of hydrogen-bond donors (Lipinski definition) is 2. The lowest BCUT2D eigenvalue weighted by atomic mass is 9.94. The molecule has 0 saturated carbocycles. The SMILES string of the molecule is CC(C)OCc1cccc(NC(=O)C(C)C(N)c2ccccc2)c1.Cl. The van der Waals surface area contributed by atoms with Gasteiger partial charge in [0.25, 0.3) is 0 Å². The molecule has 136 valence electrons. The van der Waals surface area contributed by atoms with Crippen molar-refractivity contribution in [1.29, 1.82) is 0 Å². The van der Waals surface area contributed by atoms with Crippen molar-refractivity contribution in [3.05, 3.63) is 65.7 Å². The molecule has 0 saturated heterocycles. The number of anilines is 1. The Labute approximate surface area is 156 Å². The van der Waals surface area contributed by atoms with Crippen molar-refractivity contribution in [3.63, 3.8) is 0 Å². The first-order chi connectivity index (χ1) is 11.5. The summed E-state index contributed by atoms with van der Waals surface area (Å²) in [6, 6.07) is 17.0. The molecule has 2 aromatic rings. The molecule has 2 rings (SSSR count). The smallest absolute Gasteiger partial charge is 0.229 e. The summed E-state index contributed by atoms with van der Waals surface area (Å²) < 4.78 is 5.60. The average molecular weight is 363 g/mol. The van der Waals surface area contributed by atoms with E-state index in [1.54, 1.807) is 0 Å². The van der Waals surface area contributed by atoms with E-state index in [9.17, 15) is 4.79 Å². The maximum Gasteiger partial charge on any atom is 0.229 e. The van der Waals surface area contributed by atoms with Gasteiger partial charge >= 0.3 is 0 Å². The minimum Gasteiger partial charge on any atom is -0.374 e. The van der Waals surface area contributed by atoms with Crippen molar-refractivity contribution < 1.29 is 9.53 Å². The lowest BCUT2D eigenvalue weighted by Gasteiger charge is -2.20. The number of carbonyl (C=O) groups excluding carboxylic acids is 1. The van der Waals surface area contributed by atoms with Gasteiger partial charge in [-0.15, -0.1) is 12.4 Å². The third-order valence-corrected chi connectivity index (χ3v) is 3.91. The number of benzene rings is 2. The molecule has 0 aliphatic carbocycles. The predicted molar refractivity (Wildman–Crippen MR) is 105 cm³/mol. The zero-order valence-electron chi connectivity index (χ0n) is 14.9.